The molecule has 18 heavy (non-hydrogen) atoms. The number of aliphatic hydroxyl groups excluding tert-OH is 1. The number of carboxylic acid groups (broad SMARTS) is 1. The molecule has 0 radical (unpaired) electrons. The van der Waals surface area contributed by atoms with Gasteiger partial charge in [-0.3, -0.25) is 4.79 Å². The van der Waals surface area contributed by atoms with E-state index >= 15 is 0 Å². The molecule has 2 rings (SSSR count). The van der Waals surface area contributed by atoms with Gasteiger partial charge in [0.25, 0.3) is 10.0 Å². The molecule has 1 aromatic heterocycles. The molecule has 2 atom stereocenters. The van der Waals surface area contributed by atoms with Gasteiger partial charge in [0, 0.05) is 17.4 Å². The Labute approximate surface area is 116 Å². The van der Waals surface area contributed by atoms with Crippen LogP contribution in [0, 0.1) is 0 Å². The SMILES string of the molecule is O=C(O)[C@@H]1CC(O)CN1S(=O)(=O)c1sccc1Br. The average Bonchev–Trinajstić information content (AvgIpc) is 2.84. The van der Waals surface area contributed by atoms with Gasteiger partial charge in [-0.15, -0.1) is 11.3 Å². The van der Waals surface area contributed by atoms with Crippen molar-refractivity contribution < 1.29 is 23.4 Å². The molecule has 6 nitrogen and oxygen atoms in total. The lowest BCUT2D eigenvalue weighted by molar-refractivity contribution is -0.140. The number of halogens is 1. The van der Waals surface area contributed by atoms with E-state index in [-0.39, 0.29) is 17.2 Å². The van der Waals surface area contributed by atoms with E-state index in [2.05, 4.69) is 15.9 Å². The minimum absolute atomic E-state index is 0.0582. The minimum Gasteiger partial charge on any atom is -0.480 e. The standard InChI is InChI=1S/C9H10BrNO5S2/c10-6-1-2-17-9(6)18(15,16)11-4-5(12)3-7(11)8(13)14/h1-2,5,7,12H,3-4H2,(H,13,14)/t5?,7-/m0/s1. The summed E-state index contributed by atoms with van der Waals surface area (Å²) in [6.07, 6.45) is -1.03. The molecule has 0 aromatic carbocycles. The minimum atomic E-state index is -3.89. The van der Waals surface area contributed by atoms with Crippen LogP contribution in [0.2, 0.25) is 0 Å². The zero-order valence-corrected chi connectivity index (χ0v) is 12.2. The second-order valence-electron chi connectivity index (χ2n) is 3.87. The molecule has 0 amide bonds. The average molecular weight is 356 g/mol. The number of rotatable bonds is 3. The number of aliphatic hydroxyl groups is 1. The Morgan fingerprint density at radius 1 is 1.56 bits per heavy atom. The molecule has 0 aliphatic carbocycles. The van der Waals surface area contributed by atoms with Crippen LogP contribution >= 0.6 is 27.3 Å². The molecule has 0 saturated carbocycles. The summed E-state index contributed by atoms with van der Waals surface area (Å²) in [6.45, 7) is -0.191. The van der Waals surface area contributed by atoms with Crippen molar-refractivity contribution in [2.24, 2.45) is 0 Å². The van der Waals surface area contributed by atoms with Crippen molar-refractivity contribution in [1.82, 2.24) is 4.31 Å². The van der Waals surface area contributed by atoms with E-state index in [1.807, 2.05) is 0 Å². The smallest absolute Gasteiger partial charge is 0.322 e. The number of nitrogens with zero attached hydrogens (tertiary/aromatic N) is 1. The van der Waals surface area contributed by atoms with E-state index in [4.69, 9.17) is 5.11 Å². The molecule has 1 saturated heterocycles. The molecule has 2 N–H and O–H groups in total. The van der Waals surface area contributed by atoms with Gasteiger partial charge < -0.3 is 10.2 Å². The van der Waals surface area contributed by atoms with Crippen LogP contribution in [0.4, 0.5) is 0 Å². The van der Waals surface area contributed by atoms with E-state index in [1.165, 1.54) is 0 Å². The largest absolute Gasteiger partial charge is 0.480 e. The quantitative estimate of drug-likeness (QED) is 0.832. The summed E-state index contributed by atoms with van der Waals surface area (Å²) in [7, 11) is -3.89. The van der Waals surface area contributed by atoms with Crippen LogP contribution < -0.4 is 0 Å². The second kappa shape index (κ2) is 4.89. The Hall–Kier alpha value is -0.480. The van der Waals surface area contributed by atoms with Crippen molar-refractivity contribution in [2.45, 2.75) is 22.8 Å². The second-order valence-corrected chi connectivity index (χ2v) is 7.73. The van der Waals surface area contributed by atoms with Gasteiger partial charge >= 0.3 is 5.97 Å². The van der Waals surface area contributed by atoms with Crippen LogP contribution in [0.15, 0.2) is 20.1 Å². The van der Waals surface area contributed by atoms with E-state index in [1.54, 1.807) is 11.4 Å². The Bertz CT molecular complexity index is 569. The van der Waals surface area contributed by atoms with Crippen LogP contribution in [-0.2, 0) is 14.8 Å². The van der Waals surface area contributed by atoms with Crippen molar-refractivity contribution >= 4 is 43.3 Å². The number of hydrogen-bond acceptors (Lipinski definition) is 5. The molecule has 1 fully saturated rings. The van der Waals surface area contributed by atoms with Gasteiger partial charge in [0.05, 0.1) is 6.10 Å². The Balaban J connectivity index is 2.41. The predicted octanol–water partition coefficient (Wildman–Crippen LogP) is 0.719. The number of carbonyl (C=O) groups is 1. The van der Waals surface area contributed by atoms with Crippen LogP contribution in [-0.4, -0.2) is 47.6 Å². The van der Waals surface area contributed by atoms with Gasteiger partial charge in [0.2, 0.25) is 0 Å². The number of aliphatic carboxylic acids is 1. The monoisotopic (exact) mass is 355 g/mol. The lowest BCUT2D eigenvalue weighted by atomic mass is 10.2. The maximum atomic E-state index is 12.3. The first-order valence-corrected chi connectivity index (χ1v) is 8.11. The van der Waals surface area contributed by atoms with Crippen molar-refractivity contribution in [3.8, 4) is 0 Å². The zero-order chi connectivity index (χ0) is 13.5. The predicted molar refractivity (Wildman–Crippen MR) is 68.0 cm³/mol. The summed E-state index contributed by atoms with van der Waals surface area (Å²) in [5, 5.41) is 20.1. The van der Waals surface area contributed by atoms with Gasteiger partial charge in [-0.1, -0.05) is 0 Å². The molecular formula is C9H10BrNO5S2. The number of carboxylic acids is 1. The van der Waals surface area contributed by atoms with E-state index in [9.17, 15) is 18.3 Å². The summed E-state index contributed by atoms with van der Waals surface area (Å²) in [5.41, 5.74) is 0. The van der Waals surface area contributed by atoms with Gasteiger partial charge in [-0.25, -0.2) is 8.42 Å². The molecule has 0 spiro atoms. The number of thiophene rings is 1. The highest BCUT2D eigenvalue weighted by atomic mass is 79.9. The van der Waals surface area contributed by atoms with Crippen molar-refractivity contribution in [3.05, 3.63) is 15.9 Å². The highest BCUT2D eigenvalue weighted by Crippen LogP contribution is 2.34. The fourth-order valence-corrected chi connectivity index (χ4v) is 5.90. The first kappa shape index (κ1) is 13.9. The maximum Gasteiger partial charge on any atom is 0.322 e. The third kappa shape index (κ3) is 2.32. The molecule has 2 heterocycles. The number of sulfonamides is 1. The van der Waals surface area contributed by atoms with Gasteiger partial charge in [0.15, 0.2) is 0 Å². The van der Waals surface area contributed by atoms with Gasteiger partial charge in [0.1, 0.15) is 10.3 Å². The van der Waals surface area contributed by atoms with Crippen LogP contribution in [0.5, 0.6) is 0 Å². The molecule has 1 aromatic rings. The van der Waals surface area contributed by atoms with Crippen LogP contribution in [0.3, 0.4) is 0 Å². The Morgan fingerprint density at radius 2 is 2.22 bits per heavy atom. The van der Waals surface area contributed by atoms with Crippen LogP contribution in [0.1, 0.15) is 6.42 Å². The Morgan fingerprint density at radius 3 is 2.72 bits per heavy atom. The summed E-state index contributed by atoms with van der Waals surface area (Å²) >= 11 is 4.12. The first-order chi connectivity index (χ1) is 8.34. The van der Waals surface area contributed by atoms with Crippen molar-refractivity contribution in [2.75, 3.05) is 6.54 Å². The lowest BCUT2D eigenvalue weighted by Gasteiger charge is -2.19. The van der Waals surface area contributed by atoms with E-state index in [0.29, 0.717) is 4.47 Å². The topological polar surface area (TPSA) is 94.9 Å². The Kier molecular flexibility index (Phi) is 3.79. The highest BCUT2D eigenvalue weighted by molar-refractivity contribution is 9.10. The number of β-amino-alcohol motifs (C(OH)–C–C–N with tert-alkyl or cyclic N) is 1. The molecule has 1 aliphatic heterocycles. The fraction of sp³-hybridized carbons (Fsp3) is 0.444. The van der Waals surface area contributed by atoms with E-state index in [0.717, 1.165) is 15.6 Å². The van der Waals surface area contributed by atoms with Gasteiger partial charge in [-0.05, 0) is 27.4 Å². The van der Waals surface area contributed by atoms with Crippen molar-refractivity contribution in [3.63, 3.8) is 0 Å². The highest BCUT2D eigenvalue weighted by Gasteiger charge is 2.44. The summed E-state index contributed by atoms with van der Waals surface area (Å²) in [4.78, 5) is 11.0. The molecule has 9 heteroatoms. The summed E-state index contributed by atoms with van der Waals surface area (Å²) in [5.74, 6) is -1.25. The van der Waals surface area contributed by atoms with Gasteiger partial charge in [-0.2, -0.15) is 4.31 Å². The molecule has 1 aliphatic rings. The summed E-state index contributed by atoms with van der Waals surface area (Å²) < 4.78 is 25.9. The van der Waals surface area contributed by atoms with E-state index < -0.39 is 28.1 Å². The fourth-order valence-electron chi connectivity index (χ4n) is 1.84. The third-order valence-electron chi connectivity index (χ3n) is 2.65. The number of hydrogen-bond donors (Lipinski definition) is 2. The molecule has 1 unspecified atom stereocenters. The van der Waals surface area contributed by atoms with Crippen LogP contribution in [0.25, 0.3) is 0 Å². The zero-order valence-electron chi connectivity index (χ0n) is 8.98. The molecule has 100 valence electrons. The first-order valence-electron chi connectivity index (χ1n) is 4.99. The summed E-state index contributed by atoms with van der Waals surface area (Å²) in [6, 6.07) is 0.374. The lowest BCUT2D eigenvalue weighted by Crippen LogP contribution is -2.40. The molecular weight excluding hydrogens is 346 g/mol. The van der Waals surface area contributed by atoms with Crippen molar-refractivity contribution in [1.29, 1.82) is 0 Å². The third-order valence-corrected chi connectivity index (χ3v) is 7.17. The molecule has 0 bridgehead atoms. The maximum absolute atomic E-state index is 12.3. The normalized spacial score (nSPS) is 25.4.